The van der Waals surface area contributed by atoms with Gasteiger partial charge in [0.2, 0.25) is 0 Å². The van der Waals surface area contributed by atoms with Gasteiger partial charge in [0, 0.05) is 17.6 Å². The van der Waals surface area contributed by atoms with Crippen molar-refractivity contribution in [3.8, 4) is 0 Å². The molecule has 0 atom stereocenters. The van der Waals surface area contributed by atoms with E-state index in [-0.39, 0.29) is 0 Å². The molecule has 0 aliphatic heterocycles. The Balaban J connectivity index is 2.30. The van der Waals surface area contributed by atoms with Crippen LogP contribution >= 0.6 is 11.8 Å². The van der Waals surface area contributed by atoms with Crippen LogP contribution in [-0.4, -0.2) is 15.0 Å². The standard InChI is InChI=1S/C11H12N4S/c1-7-6-8(2)15-11(14-7)16-10-9(12)4-3-5-13-10/h3-6H,12H2,1-2H3. The highest BCUT2D eigenvalue weighted by Crippen LogP contribution is 2.27. The lowest BCUT2D eigenvalue weighted by molar-refractivity contribution is 0.899. The van der Waals surface area contributed by atoms with E-state index in [0.29, 0.717) is 10.8 Å². The van der Waals surface area contributed by atoms with E-state index < -0.39 is 0 Å². The highest BCUT2D eigenvalue weighted by Gasteiger charge is 2.06. The first-order valence-electron chi connectivity index (χ1n) is 4.86. The van der Waals surface area contributed by atoms with Gasteiger partial charge < -0.3 is 5.73 Å². The third-order valence-corrected chi connectivity index (χ3v) is 2.85. The number of nitrogens with zero attached hydrogens (tertiary/aromatic N) is 3. The van der Waals surface area contributed by atoms with Gasteiger partial charge in [-0.05, 0) is 43.8 Å². The molecule has 82 valence electrons. The lowest BCUT2D eigenvalue weighted by Gasteiger charge is -2.04. The molecule has 0 aliphatic carbocycles. The number of hydrogen-bond donors (Lipinski definition) is 1. The first kappa shape index (κ1) is 10.9. The Kier molecular flexibility index (Phi) is 3.05. The van der Waals surface area contributed by atoms with Gasteiger partial charge in [0.25, 0.3) is 0 Å². The van der Waals surface area contributed by atoms with E-state index in [0.717, 1.165) is 16.4 Å². The van der Waals surface area contributed by atoms with Crippen molar-refractivity contribution in [1.82, 2.24) is 15.0 Å². The van der Waals surface area contributed by atoms with Crippen molar-refractivity contribution in [2.45, 2.75) is 24.0 Å². The molecule has 0 saturated carbocycles. The van der Waals surface area contributed by atoms with E-state index in [9.17, 15) is 0 Å². The summed E-state index contributed by atoms with van der Waals surface area (Å²) in [5.74, 6) is 0. The Labute approximate surface area is 98.3 Å². The molecule has 2 aromatic heterocycles. The van der Waals surface area contributed by atoms with Gasteiger partial charge in [-0.3, -0.25) is 0 Å². The second-order valence-electron chi connectivity index (χ2n) is 3.43. The summed E-state index contributed by atoms with van der Waals surface area (Å²) in [5, 5.41) is 1.43. The van der Waals surface area contributed by atoms with E-state index in [1.165, 1.54) is 11.8 Å². The highest BCUT2D eigenvalue weighted by molar-refractivity contribution is 7.99. The van der Waals surface area contributed by atoms with Crippen molar-refractivity contribution in [2.24, 2.45) is 0 Å². The van der Waals surface area contributed by atoms with Crippen LogP contribution in [0.15, 0.2) is 34.6 Å². The number of rotatable bonds is 2. The molecular weight excluding hydrogens is 220 g/mol. The fraction of sp³-hybridized carbons (Fsp3) is 0.182. The van der Waals surface area contributed by atoms with Crippen molar-refractivity contribution >= 4 is 17.4 Å². The van der Waals surface area contributed by atoms with Gasteiger partial charge in [0.15, 0.2) is 5.16 Å². The van der Waals surface area contributed by atoms with Crippen molar-refractivity contribution in [3.05, 3.63) is 35.8 Å². The summed E-state index contributed by atoms with van der Waals surface area (Å²) in [6.45, 7) is 3.89. The maximum Gasteiger partial charge on any atom is 0.194 e. The quantitative estimate of drug-likeness (QED) is 0.804. The van der Waals surface area contributed by atoms with Gasteiger partial charge in [-0.1, -0.05) is 0 Å². The predicted molar refractivity (Wildman–Crippen MR) is 64.3 cm³/mol. The fourth-order valence-electron chi connectivity index (χ4n) is 1.31. The monoisotopic (exact) mass is 232 g/mol. The van der Waals surface area contributed by atoms with E-state index in [4.69, 9.17) is 5.73 Å². The molecule has 0 amide bonds. The Hall–Kier alpha value is -1.62. The van der Waals surface area contributed by atoms with E-state index in [1.54, 1.807) is 6.20 Å². The maximum absolute atomic E-state index is 5.81. The highest BCUT2D eigenvalue weighted by atomic mass is 32.2. The average Bonchev–Trinajstić information content (AvgIpc) is 2.20. The summed E-state index contributed by atoms with van der Waals surface area (Å²) in [5.41, 5.74) is 8.35. The zero-order valence-corrected chi connectivity index (χ0v) is 9.95. The minimum absolute atomic E-state index is 0.648. The van der Waals surface area contributed by atoms with Crippen molar-refractivity contribution < 1.29 is 0 Å². The average molecular weight is 232 g/mol. The van der Waals surface area contributed by atoms with Crippen LogP contribution in [-0.2, 0) is 0 Å². The molecule has 0 aliphatic rings. The summed E-state index contributed by atoms with van der Waals surface area (Å²) in [6, 6.07) is 5.56. The number of nitrogens with two attached hydrogens (primary N) is 1. The van der Waals surface area contributed by atoms with Gasteiger partial charge in [-0.15, -0.1) is 0 Å². The molecule has 0 fully saturated rings. The van der Waals surface area contributed by atoms with Crippen LogP contribution in [0.4, 0.5) is 5.69 Å². The third kappa shape index (κ3) is 2.49. The Morgan fingerprint density at radius 1 is 1.19 bits per heavy atom. The minimum Gasteiger partial charge on any atom is -0.397 e. The molecule has 16 heavy (non-hydrogen) atoms. The zero-order valence-electron chi connectivity index (χ0n) is 9.14. The predicted octanol–water partition coefficient (Wildman–Crippen LogP) is 2.22. The summed E-state index contributed by atoms with van der Waals surface area (Å²) >= 11 is 1.38. The topological polar surface area (TPSA) is 64.7 Å². The van der Waals surface area contributed by atoms with Crippen molar-refractivity contribution in [3.63, 3.8) is 0 Å². The number of nitrogen functional groups attached to an aromatic ring is 1. The van der Waals surface area contributed by atoms with Crippen molar-refractivity contribution in [1.29, 1.82) is 0 Å². The number of anilines is 1. The molecule has 0 saturated heterocycles. The van der Waals surface area contributed by atoms with Crippen LogP contribution in [0.25, 0.3) is 0 Å². The van der Waals surface area contributed by atoms with E-state index in [1.807, 2.05) is 32.0 Å². The molecule has 2 aromatic rings. The largest absolute Gasteiger partial charge is 0.397 e. The zero-order chi connectivity index (χ0) is 11.5. The molecule has 0 aromatic carbocycles. The number of aryl methyl sites for hydroxylation is 2. The van der Waals surface area contributed by atoms with Gasteiger partial charge in [-0.2, -0.15) is 0 Å². The van der Waals surface area contributed by atoms with Crippen LogP contribution in [0.3, 0.4) is 0 Å². The summed E-state index contributed by atoms with van der Waals surface area (Å²) in [6.07, 6.45) is 1.71. The Morgan fingerprint density at radius 2 is 1.88 bits per heavy atom. The molecule has 2 rings (SSSR count). The Morgan fingerprint density at radius 3 is 2.50 bits per heavy atom. The van der Waals surface area contributed by atoms with E-state index in [2.05, 4.69) is 15.0 Å². The minimum atomic E-state index is 0.648. The number of pyridine rings is 1. The van der Waals surface area contributed by atoms with Gasteiger partial charge in [0.1, 0.15) is 5.03 Å². The molecule has 2 heterocycles. The number of aromatic nitrogens is 3. The van der Waals surface area contributed by atoms with Crippen LogP contribution < -0.4 is 5.73 Å². The van der Waals surface area contributed by atoms with Crippen LogP contribution in [0.5, 0.6) is 0 Å². The molecular formula is C11H12N4S. The smallest absolute Gasteiger partial charge is 0.194 e. The second kappa shape index (κ2) is 4.49. The van der Waals surface area contributed by atoms with Crippen LogP contribution in [0.2, 0.25) is 0 Å². The molecule has 0 radical (unpaired) electrons. The summed E-state index contributed by atoms with van der Waals surface area (Å²) < 4.78 is 0. The second-order valence-corrected chi connectivity index (χ2v) is 4.39. The lowest BCUT2D eigenvalue weighted by Crippen LogP contribution is -1.95. The first-order chi connectivity index (χ1) is 7.65. The summed E-state index contributed by atoms with van der Waals surface area (Å²) in [4.78, 5) is 12.8. The van der Waals surface area contributed by atoms with E-state index >= 15 is 0 Å². The SMILES string of the molecule is Cc1cc(C)nc(Sc2ncccc2N)n1. The summed E-state index contributed by atoms with van der Waals surface area (Å²) in [7, 11) is 0. The molecule has 0 spiro atoms. The first-order valence-corrected chi connectivity index (χ1v) is 5.67. The molecule has 4 nitrogen and oxygen atoms in total. The van der Waals surface area contributed by atoms with Crippen LogP contribution in [0.1, 0.15) is 11.4 Å². The van der Waals surface area contributed by atoms with Gasteiger partial charge in [0.05, 0.1) is 5.69 Å². The number of hydrogen-bond acceptors (Lipinski definition) is 5. The Bertz CT molecular complexity index is 493. The van der Waals surface area contributed by atoms with Crippen molar-refractivity contribution in [2.75, 3.05) is 5.73 Å². The molecule has 0 unspecified atom stereocenters. The third-order valence-electron chi connectivity index (χ3n) is 1.95. The maximum atomic E-state index is 5.81. The fourth-order valence-corrected chi connectivity index (χ4v) is 2.17. The van der Waals surface area contributed by atoms with Crippen LogP contribution in [0, 0.1) is 13.8 Å². The normalized spacial score (nSPS) is 10.4. The lowest BCUT2D eigenvalue weighted by atomic mass is 10.4. The van der Waals surface area contributed by atoms with Gasteiger partial charge >= 0.3 is 0 Å². The molecule has 0 bridgehead atoms. The molecule has 5 heteroatoms. The van der Waals surface area contributed by atoms with Gasteiger partial charge in [-0.25, -0.2) is 15.0 Å². The molecule has 2 N–H and O–H groups in total.